The number of carbonyl (C=O) groups excluding carboxylic acids is 1. The van der Waals surface area contributed by atoms with Gasteiger partial charge in [-0.05, 0) is 38.0 Å². The summed E-state index contributed by atoms with van der Waals surface area (Å²) in [6, 6.07) is 5.99. The molecule has 3 aromatic heterocycles. The van der Waals surface area contributed by atoms with Crippen molar-refractivity contribution in [3.8, 4) is 0 Å². The number of fused-ring (bicyclic) bond motifs is 2. The molecule has 0 spiro atoms. The van der Waals surface area contributed by atoms with Crippen LogP contribution in [0.25, 0.3) is 22.1 Å². The highest BCUT2D eigenvalue weighted by molar-refractivity contribution is 6.36. The molecule has 1 saturated heterocycles. The van der Waals surface area contributed by atoms with Crippen LogP contribution in [-0.2, 0) is 4.79 Å². The first-order valence-corrected chi connectivity index (χ1v) is 11.4. The summed E-state index contributed by atoms with van der Waals surface area (Å²) >= 11 is 6.64. The number of benzene rings is 1. The Labute approximate surface area is 196 Å². The summed E-state index contributed by atoms with van der Waals surface area (Å²) in [4.78, 5) is 32.6. The predicted molar refractivity (Wildman–Crippen MR) is 131 cm³/mol. The number of amides is 1. The van der Waals surface area contributed by atoms with E-state index in [-0.39, 0.29) is 11.9 Å². The van der Waals surface area contributed by atoms with Gasteiger partial charge >= 0.3 is 0 Å². The van der Waals surface area contributed by atoms with Gasteiger partial charge in [-0.1, -0.05) is 18.5 Å². The fraction of sp³-hybridized carbons (Fsp3) is 0.348. The van der Waals surface area contributed by atoms with E-state index in [9.17, 15) is 4.79 Å². The van der Waals surface area contributed by atoms with Crippen molar-refractivity contribution >= 4 is 51.1 Å². The number of nitrogens with zero attached hydrogens (tertiary/aromatic N) is 5. The van der Waals surface area contributed by atoms with Gasteiger partial charge in [-0.15, -0.1) is 0 Å². The van der Waals surface area contributed by atoms with Crippen molar-refractivity contribution in [2.45, 2.75) is 39.2 Å². The van der Waals surface area contributed by atoms with E-state index in [4.69, 9.17) is 11.6 Å². The standard InChI is InChI=1S/C20H20ClN7.C3H7NO/c1-12(27-20-17-19(24-10-23-17)25-11-26-20)14-9-15(21)13-5-4-6-22-16(13)18(14)28-7-2-3-8-28;1-2-3(4)5/h4-6,9-12H,2-3,7-8H2,1H3,(H2,23,24,25,26,27);2H2,1H3,(H2,4,5). The molecule has 1 aliphatic rings. The van der Waals surface area contributed by atoms with Crippen LogP contribution >= 0.6 is 11.6 Å². The van der Waals surface area contributed by atoms with E-state index in [0.717, 1.165) is 46.6 Å². The molecule has 5 rings (SSSR count). The van der Waals surface area contributed by atoms with Gasteiger partial charge < -0.3 is 20.9 Å². The maximum Gasteiger partial charge on any atom is 0.217 e. The number of pyridine rings is 1. The topological polar surface area (TPSA) is 126 Å². The number of aromatic nitrogens is 5. The summed E-state index contributed by atoms with van der Waals surface area (Å²) in [6.07, 6.45) is 7.81. The fourth-order valence-corrected chi connectivity index (χ4v) is 4.24. The van der Waals surface area contributed by atoms with Crippen LogP contribution in [-0.4, -0.2) is 43.9 Å². The number of H-pyrrole nitrogens is 1. The molecule has 1 fully saturated rings. The predicted octanol–water partition coefficient (Wildman–Crippen LogP) is 4.21. The number of nitrogens with one attached hydrogen (secondary N) is 2. The van der Waals surface area contributed by atoms with Crippen LogP contribution < -0.4 is 16.0 Å². The maximum absolute atomic E-state index is 9.59. The molecule has 4 N–H and O–H groups in total. The van der Waals surface area contributed by atoms with Crippen LogP contribution in [0.5, 0.6) is 0 Å². The zero-order valence-corrected chi connectivity index (χ0v) is 19.4. The van der Waals surface area contributed by atoms with Crippen molar-refractivity contribution in [2.75, 3.05) is 23.3 Å². The van der Waals surface area contributed by atoms with E-state index >= 15 is 0 Å². The van der Waals surface area contributed by atoms with Gasteiger partial charge in [0.1, 0.15) is 11.8 Å². The van der Waals surface area contributed by atoms with Gasteiger partial charge in [0.2, 0.25) is 5.91 Å². The Bertz CT molecular complexity index is 1270. The molecule has 4 heterocycles. The lowest BCUT2D eigenvalue weighted by molar-refractivity contribution is -0.117. The summed E-state index contributed by atoms with van der Waals surface area (Å²) in [6.45, 7) is 5.91. The lowest BCUT2D eigenvalue weighted by atomic mass is 10.0. The number of anilines is 2. The summed E-state index contributed by atoms with van der Waals surface area (Å²) in [5.74, 6) is 0.476. The van der Waals surface area contributed by atoms with Crippen molar-refractivity contribution in [1.82, 2.24) is 24.9 Å². The molecular weight excluding hydrogens is 440 g/mol. The Kier molecular flexibility index (Phi) is 6.88. The van der Waals surface area contributed by atoms with Crippen LogP contribution in [0.15, 0.2) is 37.1 Å². The number of carbonyl (C=O) groups is 1. The smallest absolute Gasteiger partial charge is 0.217 e. The molecule has 1 aromatic carbocycles. The van der Waals surface area contributed by atoms with Gasteiger partial charge in [0.25, 0.3) is 0 Å². The van der Waals surface area contributed by atoms with Crippen LogP contribution in [0.1, 0.15) is 44.7 Å². The van der Waals surface area contributed by atoms with Crippen LogP contribution in [0.3, 0.4) is 0 Å². The third-order valence-electron chi connectivity index (χ3n) is 5.66. The quantitative estimate of drug-likeness (QED) is 0.402. The number of hydrogen-bond donors (Lipinski definition) is 3. The minimum Gasteiger partial charge on any atom is -0.370 e. The highest BCUT2D eigenvalue weighted by Crippen LogP contribution is 2.39. The first-order valence-electron chi connectivity index (χ1n) is 11.0. The second kappa shape index (κ2) is 9.99. The summed E-state index contributed by atoms with van der Waals surface area (Å²) in [5, 5.41) is 5.21. The molecule has 0 bridgehead atoms. The highest BCUT2D eigenvalue weighted by Gasteiger charge is 2.24. The molecule has 1 aliphatic heterocycles. The molecule has 172 valence electrons. The van der Waals surface area contributed by atoms with Gasteiger partial charge in [-0.2, -0.15) is 0 Å². The van der Waals surface area contributed by atoms with Crippen molar-refractivity contribution in [3.05, 3.63) is 47.6 Å². The number of rotatable bonds is 5. The number of primary amides is 1. The summed E-state index contributed by atoms with van der Waals surface area (Å²) in [5.41, 5.74) is 9.32. The van der Waals surface area contributed by atoms with Crippen molar-refractivity contribution in [3.63, 3.8) is 0 Å². The minimum atomic E-state index is -0.245. The lowest BCUT2D eigenvalue weighted by Gasteiger charge is -2.27. The average Bonchev–Trinajstić information content (AvgIpc) is 3.52. The van der Waals surface area contributed by atoms with Crippen LogP contribution in [0.4, 0.5) is 11.5 Å². The highest BCUT2D eigenvalue weighted by atomic mass is 35.5. The first-order chi connectivity index (χ1) is 16.0. The van der Waals surface area contributed by atoms with Gasteiger partial charge in [-0.25, -0.2) is 15.0 Å². The summed E-state index contributed by atoms with van der Waals surface area (Å²) in [7, 11) is 0. The molecule has 1 amide bonds. The van der Waals surface area contributed by atoms with Gasteiger partial charge in [0, 0.05) is 36.7 Å². The second-order valence-electron chi connectivity index (χ2n) is 7.90. The molecule has 1 unspecified atom stereocenters. The van der Waals surface area contributed by atoms with E-state index in [1.165, 1.54) is 19.2 Å². The number of aromatic amines is 1. The molecule has 0 aliphatic carbocycles. The van der Waals surface area contributed by atoms with E-state index in [1.807, 2.05) is 18.3 Å². The molecule has 9 nitrogen and oxygen atoms in total. The van der Waals surface area contributed by atoms with E-state index < -0.39 is 0 Å². The average molecular weight is 467 g/mol. The molecule has 0 radical (unpaired) electrons. The molecule has 10 heteroatoms. The van der Waals surface area contributed by atoms with E-state index in [0.29, 0.717) is 17.1 Å². The van der Waals surface area contributed by atoms with Crippen molar-refractivity contribution < 1.29 is 4.79 Å². The lowest BCUT2D eigenvalue weighted by Crippen LogP contribution is -2.22. The Morgan fingerprint density at radius 3 is 2.76 bits per heavy atom. The zero-order chi connectivity index (χ0) is 23.4. The Hall–Kier alpha value is -3.46. The van der Waals surface area contributed by atoms with Crippen molar-refractivity contribution in [2.24, 2.45) is 5.73 Å². The third kappa shape index (κ3) is 4.83. The Morgan fingerprint density at radius 1 is 1.27 bits per heavy atom. The van der Waals surface area contributed by atoms with Gasteiger partial charge in [0.15, 0.2) is 11.5 Å². The molecule has 33 heavy (non-hydrogen) atoms. The third-order valence-corrected chi connectivity index (χ3v) is 5.97. The van der Waals surface area contributed by atoms with Crippen molar-refractivity contribution in [1.29, 1.82) is 0 Å². The van der Waals surface area contributed by atoms with Crippen LogP contribution in [0.2, 0.25) is 5.02 Å². The first kappa shape index (κ1) is 22.7. The monoisotopic (exact) mass is 466 g/mol. The molecule has 0 saturated carbocycles. The Morgan fingerprint density at radius 2 is 2.03 bits per heavy atom. The molecular formula is C23H27ClN8O. The summed E-state index contributed by atoms with van der Waals surface area (Å²) < 4.78 is 0. The Balaban J connectivity index is 0.000000471. The number of nitrogens with two attached hydrogens (primary N) is 1. The molecule has 1 atom stereocenters. The minimum absolute atomic E-state index is 0.0269. The zero-order valence-electron chi connectivity index (χ0n) is 18.7. The maximum atomic E-state index is 9.59. The SMILES string of the molecule is CC(Nc1ncnc2nc[nH]c12)c1cc(Cl)c2cccnc2c1N1CCCC1.CCC(N)=O. The second-order valence-corrected chi connectivity index (χ2v) is 8.31. The van der Waals surface area contributed by atoms with E-state index in [1.54, 1.807) is 13.3 Å². The van der Waals surface area contributed by atoms with Crippen LogP contribution in [0, 0.1) is 0 Å². The number of imidazole rings is 1. The number of hydrogen-bond acceptors (Lipinski definition) is 7. The number of halogens is 1. The van der Waals surface area contributed by atoms with Gasteiger partial charge in [0.05, 0.1) is 28.6 Å². The fourth-order valence-electron chi connectivity index (χ4n) is 3.97. The van der Waals surface area contributed by atoms with E-state index in [2.05, 4.69) is 53.9 Å². The largest absolute Gasteiger partial charge is 0.370 e. The molecule has 4 aromatic rings. The van der Waals surface area contributed by atoms with Gasteiger partial charge in [-0.3, -0.25) is 9.78 Å². The normalized spacial score (nSPS) is 14.2.